The van der Waals surface area contributed by atoms with E-state index in [0.29, 0.717) is 5.15 Å². The lowest BCUT2D eigenvalue weighted by atomic mass is 10.1. The molecule has 1 aromatic heterocycles. The van der Waals surface area contributed by atoms with E-state index in [0.717, 1.165) is 28.2 Å². The highest BCUT2D eigenvalue weighted by Crippen LogP contribution is 2.22. The van der Waals surface area contributed by atoms with Gasteiger partial charge in [0.05, 0.1) is 5.69 Å². The van der Waals surface area contributed by atoms with E-state index in [1.54, 1.807) is 17.8 Å². The molecule has 0 saturated heterocycles. The average Bonchev–Trinajstić information content (AvgIpc) is 2.70. The quantitative estimate of drug-likeness (QED) is 0.873. The number of carbonyl (C=O) groups is 1. The maximum atomic E-state index is 12.1. The van der Waals surface area contributed by atoms with Crippen LogP contribution < -0.4 is 10.2 Å². The molecule has 1 aromatic carbocycles. The van der Waals surface area contributed by atoms with Crippen molar-refractivity contribution in [3.8, 4) is 0 Å². The summed E-state index contributed by atoms with van der Waals surface area (Å²) in [5.74, 6) is -0.207. The Morgan fingerprint density at radius 1 is 1.35 bits per heavy atom. The van der Waals surface area contributed by atoms with Crippen LogP contribution in [0.2, 0.25) is 5.15 Å². The second-order valence-corrected chi connectivity index (χ2v) is 5.99. The number of halogens is 1. The van der Waals surface area contributed by atoms with E-state index in [-0.39, 0.29) is 5.91 Å². The van der Waals surface area contributed by atoms with E-state index in [1.165, 1.54) is 6.08 Å². The molecule has 1 amide bonds. The van der Waals surface area contributed by atoms with Crippen LogP contribution in [0, 0.1) is 13.8 Å². The summed E-state index contributed by atoms with van der Waals surface area (Å²) in [5, 5.41) is 7.57. The molecular weight excluding hydrogens is 312 g/mol. The van der Waals surface area contributed by atoms with Gasteiger partial charge in [-0.25, -0.2) is 0 Å². The van der Waals surface area contributed by atoms with Crippen LogP contribution in [0.3, 0.4) is 0 Å². The van der Waals surface area contributed by atoms with Gasteiger partial charge in [-0.05, 0) is 43.7 Å². The summed E-state index contributed by atoms with van der Waals surface area (Å²) in [6.45, 7) is 3.87. The lowest BCUT2D eigenvalue weighted by Gasteiger charge is -2.16. The van der Waals surface area contributed by atoms with E-state index in [9.17, 15) is 4.79 Å². The second-order valence-electron chi connectivity index (χ2n) is 5.63. The molecule has 0 atom stereocenters. The third kappa shape index (κ3) is 3.93. The van der Waals surface area contributed by atoms with Gasteiger partial charge in [0, 0.05) is 44.2 Å². The van der Waals surface area contributed by atoms with Crippen molar-refractivity contribution in [3.05, 3.63) is 46.2 Å². The summed E-state index contributed by atoms with van der Waals surface area (Å²) >= 11 is 6.14. The molecule has 2 rings (SSSR count). The molecule has 122 valence electrons. The molecule has 5 nitrogen and oxygen atoms in total. The number of hydrogen-bond donors (Lipinski definition) is 1. The standard InChI is InChI=1S/C17H21ClN4O/c1-11-10-13(6-8-15(11)21(3)4)19-16(23)9-7-14-12(2)20-22(5)17(14)18/h6-10H,1-5H3,(H,19,23)/b9-7+. The van der Waals surface area contributed by atoms with Gasteiger partial charge in [0.2, 0.25) is 5.91 Å². The Labute approximate surface area is 141 Å². The van der Waals surface area contributed by atoms with Crippen molar-refractivity contribution in [3.63, 3.8) is 0 Å². The molecule has 0 saturated carbocycles. The summed E-state index contributed by atoms with van der Waals surface area (Å²) in [6.07, 6.45) is 3.14. The van der Waals surface area contributed by atoms with E-state index >= 15 is 0 Å². The van der Waals surface area contributed by atoms with Gasteiger partial charge >= 0.3 is 0 Å². The molecule has 2 aromatic rings. The minimum atomic E-state index is -0.207. The third-order valence-electron chi connectivity index (χ3n) is 3.54. The molecule has 6 heteroatoms. The maximum absolute atomic E-state index is 12.1. The topological polar surface area (TPSA) is 50.2 Å². The van der Waals surface area contributed by atoms with E-state index < -0.39 is 0 Å². The first-order chi connectivity index (χ1) is 10.8. The lowest BCUT2D eigenvalue weighted by Crippen LogP contribution is -2.11. The Hall–Kier alpha value is -2.27. The fourth-order valence-electron chi connectivity index (χ4n) is 2.41. The van der Waals surface area contributed by atoms with Crippen molar-refractivity contribution in [1.82, 2.24) is 9.78 Å². The first-order valence-electron chi connectivity index (χ1n) is 7.25. The van der Waals surface area contributed by atoms with Crippen molar-refractivity contribution in [1.29, 1.82) is 0 Å². The molecule has 1 heterocycles. The third-order valence-corrected chi connectivity index (χ3v) is 3.99. The molecule has 0 fully saturated rings. The predicted molar refractivity (Wildman–Crippen MR) is 96.1 cm³/mol. The fraction of sp³-hybridized carbons (Fsp3) is 0.294. The first kappa shape index (κ1) is 17.1. The number of anilines is 2. The van der Waals surface area contributed by atoms with Gasteiger partial charge in [0.25, 0.3) is 0 Å². The maximum Gasteiger partial charge on any atom is 0.248 e. The fourth-order valence-corrected chi connectivity index (χ4v) is 2.65. The molecule has 0 aliphatic carbocycles. The summed E-state index contributed by atoms with van der Waals surface area (Å²) in [6, 6.07) is 5.82. The van der Waals surface area contributed by atoms with Crippen molar-refractivity contribution in [2.24, 2.45) is 7.05 Å². The minimum absolute atomic E-state index is 0.207. The van der Waals surface area contributed by atoms with Gasteiger partial charge < -0.3 is 10.2 Å². The summed E-state index contributed by atoms with van der Waals surface area (Å²) in [7, 11) is 5.74. The molecule has 0 radical (unpaired) electrons. The molecule has 23 heavy (non-hydrogen) atoms. The normalized spacial score (nSPS) is 11.0. The van der Waals surface area contributed by atoms with Gasteiger partial charge in [-0.1, -0.05) is 11.6 Å². The first-order valence-corrected chi connectivity index (χ1v) is 7.63. The average molecular weight is 333 g/mol. The van der Waals surface area contributed by atoms with Crippen LogP contribution in [-0.2, 0) is 11.8 Å². The monoisotopic (exact) mass is 332 g/mol. The van der Waals surface area contributed by atoms with Crippen LogP contribution in [0.15, 0.2) is 24.3 Å². The molecule has 0 spiro atoms. The Balaban J connectivity index is 2.10. The molecule has 0 bridgehead atoms. The summed E-state index contributed by atoms with van der Waals surface area (Å²) < 4.78 is 1.58. The van der Waals surface area contributed by atoms with Crippen LogP contribution in [-0.4, -0.2) is 29.8 Å². The lowest BCUT2D eigenvalue weighted by molar-refractivity contribution is -0.111. The molecule has 0 aliphatic rings. The van der Waals surface area contributed by atoms with Gasteiger partial charge in [-0.2, -0.15) is 5.10 Å². The second kappa shape index (κ2) is 6.87. The minimum Gasteiger partial charge on any atom is -0.377 e. The number of amides is 1. The zero-order chi connectivity index (χ0) is 17.1. The Kier molecular flexibility index (Phi) is 5.11. The Morgan fingerprint density at radius 2 is 2.04 bits per heavy atom. The largest absolute Gasteiger partial charge is 0.377 e. The predicted octanol–water partition coefficient (Wildman–Crippen LogP) is 3.41. The van der Waals surface area contributed by atoms with Crippen molar-refractivity contribution in [2.45, 2.75) is 13.8 Å². The number of aromatic nitrogens is 2. The summed E-state index contributed by atoms with van der Waals surface area (Å²) in [5.41, 5.74) is 4.52. The highest BCUT2D eigenvalue weighted by atomic mass is 35.5. The van der Waals surface area contributed by atoms with Crippen molar-refractivity contribution >= 4 is 35.0 Å². The highest BCUT2D eigenvalue weighted by Gasteiger charge is 2.09. The van der Waals surface area contributed by atoms with Gasteiger partial charge in [-0.3, -0.25) is 9.48 Å². The zero-order valence-corrected chi connectivity index (χ0v) is 14.8. The van der Waals surface area contributed by atoms with Gasteiger partial charge in [0.15, 0.2) is 0 Å². The Morgan fingerprint density at radius 3 is 2.57 bits per heavy atom. The van der Waals surface area contributed by atoms with E-state index in [2.05, 4.69) is 10.4 Å². The Bertz CT molecular complexity index is 762. The van der Waals surface area contributed by atoms with Crippen molar-refractivity contribution in [2.75, 3.05) is 24.3 Å². The van der Waals surface area contributed by atoms with Crippen LogP contribution in [0.5, 0.6) is 0 Å². The zero-order valence-electron chi connectivity index (χ0n) is 14.0. The SMILES string of the molecule is Cc1cc(NC(=O)/C=C/c2c(C)nn(C)c2Cl)ccc1N(C)C. The highest BCUT2D eigenvalue weighted by molar-refractivity contribution is 6.31. The number of carbonyl (C=O) groups excluding carboxylic acids is 1. The van der Waals surface area contributed by atoms with Crippen LogP contribution in [0.25, 0.3) is 6.08 Å². The number of rotatable bonds is 4. The molecule has 0 aliphatic heterocycles. The number of nitrogens with zero attached hydrogens (tertiary/aromatic N) is 3. The van der Waals surface area contributed by atoms with E-state index in [4.69, 9.17) is 11.6 Å². The number of hydrogen-bond acceptors (Lipinski definition) is 3. The molecule has 0 unspecified atom stereocenters. The molecular formula is C17H21ClN4O. The van der Waals surface area contributed by atoms with Gasteiger partial charge in [0.1, 0.15) is 5.15 Å². The smallest absolute Gasteiger partial charge is 0.248 e. The molecule has 1 N–H and O–H groups in total. The number of nitrogens with one attached hydrogen (secondary N) is 1. The van der Waals surface area contributed by atoms with Crippen LogP contribution in [0.1, 0.15) is 16.8 Å². The van der Waals surface area contributed by atoms with E-state index in [1.807, 2.05) is 51.0 Å². The number of aryl methyl sites for hydroxylation is 3. The number of benzene rings is 1. The van der Waals surface area contributed by atoms with Crippen LogP contribution in [0.4, 0.5) is 11.4 Å². The van der Waals surface area contributed by atoms with Gasteiger partial charge in [-0.15, -0.1) is 0 Å². The summed E-state index contributed by atoms with van der Waals surface area (Å²) in [4.78, 5) is 14.1. The van der Waals surface area contributed by atoms with Crippen LogP contribution >= 0.6 is 11.6 Å². The van der Waals surface area contributed by atoms with Crippen molar-refractivity contribution < 1.29 is 4.79 Å².